The molecule has 0 aromatic carbocycles. The van der Waals surface area contributed by atoms with Crippen LogP contribution in [0.2, 0.25) is 0 Å². The van der Waals surface area contributed by atoms with Crippen LogP contribution in [0.5, 0.6) is 0 Å². The first-order valence-corrected chi connectivity index (χ1v) is 7.99. The zero-order chi connectivity index (χ0) is 12.1. The number of nitrogens with zero attached hydrogens (tertiary/aromatic N) is 1. The van der Waals surface area contributed by atoms with E-state index in [1.54, 1.807) is 6.26 Å². The highest BCUT2D eigenvalue weighted by atomic mass is 32.2. The fourth-order valence-electron chi connectivity index (χ4n) is 2.27. The standard InChI is InChI=1S/C12H26N2OS/c1-10-7-13-11(2)5-6-14(8-10)12(3)9-16(4)15/h10-13H,5-9H2,1-4H3. The van der Waals surface area contributed by atoms with Crippen molar-refractivity contribution in [1.29, 1.82) is 0 Å². The molecule has 0 aromatic rings. The summed E-state index contributed by atoms with van der Waals surface area (Å²) in [5, 5.41) is 3.55. The average Bonchev–Trinajstić information content (AvgIpc) is 2.17. The third kappa shape index (κ3) is 4.93. The lowest BCUT2D eigenvalue weighted by atomic mass is 10.1. The molecule has 3 nitrogen and oxygen atoms in total. The highest BCUT2D eigenvalue weighted by Crippen LogP contribution is 2.10. The number of nitrogens with one attached hydrogen (secondary N) is 1. The fraction of sp³-hybridized carbons (Fsp3) is 1.00. The summed E-state index contributed by atoms with van der Waals surface area (Å²) < 4.78 is 11.3. The Morgan fingerprint density at radius 3 is 2.81 bits per heavy atom. The maximum absolute atomic E-state index is 11.3. The topological polar surface area (TPSA) is 32.3 Å². The smallest absolute Gasteiger partial charge is 0.0385 e. The number of rotatable bonds is 3. The molecular weight excluding hydrogens is 220 g/mol. The van der Waals surface area contributed by atoms with E-state index < -0.39 is 10.8 Å². The molecule has 4 atom stereocenters. The SMILES string of the molecule is CC1CNC(C)CCN(C(C)CS(C)=O)C1. The van der Waals surface area contributed by atoms with E-state index in [2.05, 4.69) is 31.0 Å². The van der Waals surface area contributed by atoms with E-state index in [0.717, 1.165) is 25.4 Å². The van der Waals surface area contributed by atoms with Gasteiger partial charge in [0.05, 0.1) is 0 Å². The van der Waals surface area contributed by atoms with E-state index in [4.69, 9.17) is 0 Å². The van der Waals surface area contributed by atoms with Crippen LogP contribution in [0.15, 0.2) is 0 Å². The van der Waals surface area contributed by atoms with Gasteiger partial charge in [0, 0.05) is 41.4 Å². The molecule has 1 aliphatic rings. The first-order chi connectivity index (χ1) is 7.49. The van der Waals surface area contributed by atoms with Crippen molar-refractivity contribution in [3.8, 4) is 0 Å². The molecule has 1 fully saturated rings. The highest BCUT2D eigenvalue weighted by Gasteiger charge is 2.20. The van der Waals surface area contributed by atoms with Crippen molar-refractivity contribution in [2.45, 2.75) is 39.3 Å². The minimum atomic E-state index is -0.685. The molecule has 1 saturated heterocycles. The molecule has 16 heavy (non-hydrogen) atoms. The van der Waals surface area contributed by atoms with Crippen molar-refractivity contribution in [2.24, 2.45) is 5.92 Å². The zero-order valence-electron chi connectivity index (χ0n) is 11.0. The van der Waals surface area contributed by atoms with Crippen molar-refractivity contribution in [2.75, 3.05) is 31.6 Å². The second kappa shape index (κ2) is 6.72. The summed E-state index contributed by atoms with van der Waals surface area (Å²) in [6, 6.07) is 1.04. The van der Waals surface area contributed by atoms with Crippen LogP contribution in [0.1, 0.15) is 27.2 Å². The third-order valence-corrected chi connectivity index (χ3v) is 4.26. The number of hydrogen-bond acceptors (Lipinski definition) is 3. The van der Waals surface area contributed by atoms with Crippen LogP contribution in [-0.2, 0) is 10.8 Å². The molecular formula is C12H26N2OS. The van der Waals surface area contributed by atoms with Crippen molar-refractivity contribution < 1.29 is 4.21 Å². The molecule has 4 unspecified atom stereocenters. The monoisotopic (exact) mass is 246 g/mol. The van der Waals surface area contributed by atoms with E-state index in [1.165, 1.54) is 6.42 Å². The lowest BCUT2D eigenvalue weighted by Gasteiger charge is -2.35. The Bertz CT molecular complexity index is 235. The molecule has 1 N–H and O–H groups in total. The van der Waals surface area contributed by atoms with Gasteiger partial charge in [-0.2, -0.15) is 0 Å². The lowest BCUT2D eigenvalue weighted by molar-refractivity contribution is 0.167. The summed E-state index contributed by atoms with van der Waals surface area (Å²) in [6.07, 6.45) is 2.99. The van der Waals surface area contributed by atoms with Gasteiger partial charge in [-0.15, -0.1) is 0 Å². The van der Waals surface area contributed by atoms with Crippen molar-refractivity contribution >= 4 is 10.8 Å². The molecule has 0 aliphatic carbocycles. The van der Waals surface area contributed by atoms with Gasteiger partial charge < -0.3 is 5.32 Å². The van der Waals surface area contributed by atoms with Gasteiger partial charge in [0.15, 0.2) is 0 Å². The summed E-state index contributed by atoms with van der Waals surface area (Å²) in [4.78, 5) is 2.50. The lowest BCUT2D eigenvalue weighted by Crippen LogP contribution is -2.47. The third-order valence-electron chi connectivity index (χ3n) is 3.31. The minimum absolute atomic E-state index is 0.443. The van der Waals surface area contributed by atoms with E-state index in [0.29, 0.717) is 18.0 Å². The van der Waals surface area contributed by atoms with Gasteiger partial charge in [-0.25, -0.2) is 0 Å². The molecule has 4 heteroatoms. The average molecular weight is 246 g/mol. The van der Waals surface area contributed by atoms with Gasteiger partial charge in [0.2, 0.25) is 0 Å². The Hall–Kier alpha value is 0.0700. The Morgan fingerprint density at radius 1 is 1.50 bits per heavy atom. The summed E-state index contributed by atoms with van der Waals surface area (Å²) in [6.45, 7) is 10.1. The van der Waals surface area contributed by atoms with Crippen LogP contribution in [0.25, 0.3) is 0 Å². The van der Waals surface area contributed by atoms with E-state index in [-0.39, 0.29) is 0 Å². The van der Waals surface area contributed by atoms with Crippen LogP contribution in [0.3, 0.4) is 0 Å². The van der Waals surface area contributed by atoms with E-state index in [9.17, 15) is 4.21 Å². The summed E-state index contributed by atoms with van der Waals surface area (Å²) >= 11 is 0. The first kappa shape index (κ1) is 14.1. The second-order valence-corrected chi connectivity index (χ2v) is 6.77. The van der Waals surface area contributed by atoms with Gasteiger partial charge in [-0.1, -0.05) is 6.92 Å². The molecule has 0 amide bonds. The predicted molar refractivity (Wildman–Crippen MR) is 71.2 cm³/mol. The quantitative estimate of drug-likeness (QED) is 0.808. The predicted octanol–water partition coefficient (Wildman–Crippen LogP) is 1.07. The summed E-state index contributed by atoms with van der Waals surface area (Å²) in [7, 11) is -0.685. The van der Waals surface area contributed by atoms with Crippen molar-refractivity contribution in [3.05, 3.63) is 0 Å². The van der Waals surface area contributed by atoms with Crippen LogP contribution < -0.4 is 5.32 Å². The maximum atomic E-state index is 11.3. The molecule has 0 bridgehead atoms. The van der Waals surface area contributed by atoms with Crippen LogP contribution in [0, 0.1) is 5.92 Å². The van der Waals surface area contributed by atoms with E-state index >= 15 is 0 Å². The Kier molecular flexibility index (Phi) is 5.94. The van der Waals surface area contributed by atoms with Gasteiger partial charge in [0.1, 0.15) is 0 Å². The Labute approximate surface area is 102 Å². The fourth-order valence-corrected chi connectivity index (χ4v) is 3.16. The highest BCUT2D eigenvalue weighted by molar-refractivity contribution is 7.84. The maximum Gasteiger partial charge on any atom is 0.0385 e. The molecule has 0 radical (unpaired) electrons. The normalized spacial score (nSPS) is 32.8. The molecule has 0 spiro atoms. The largest absolute Gasteiger partial charge is 0.314 e. The van der Waals surface area contributed by atoms with Gasteiger partial charge in [0.25, 0.3) is 0 Å². The van der Waals surface area contributed by atoms with Gasteiger partial charge in [-0.3, -0.25) is 9.11 Å². The van der Waals surface area contributed by atoms with Crippen LogP contribution in [0.4, 0.5) is 0 Å². The number of hydrogen-bond donors (Lipinski definition) is 1. The van der Waals surface area contributed by atoms with Crippen molar-refractivity contribution in [1.82, 2.24) is 10.2 Å². The van der Waals surface area contributed by atoms with Crippen LogP contribution in [-0.4, -0.2) is 52.8 Å². The van der Waals surface area contributed by atoms with E-state index in [1.807, 2.05) is 0 Å². The van der Waals surface area contributed by atoms with Crippen molar-refractivity contribution in [3.63, 3.8) is 0 Å². The minimum Gasteiger partial charge on any atom is -0.314 e. The van der Waals surface area contributed by atoms with Gasteiger partial charge in [-0.05, 0) is 39.3 Å². The molecule has 96 valence electrons. The molecule has 1 rings (SSSR count). The molecule has 0 saturated carbocycles. The molecule has 0 aromatic heterocycles. The second-order valence-electron chi connectivity index (χ2n) is 5.29. The van der Waals surface area contributed by atoms with Gasteiger partial charge >= 0.3 is 0 Å². The molecule has 1 aliphatic heterocycles. The Balaban J connectivity index is 2.51. The Morgan fingerprint density at radius 2 is 2.19 bits per heavy atom. The first-order valence-electron chi connectivity index (χ1n) is 6.26. The molecule has 1 heterocycles. The van der Waals surface area contributed by atoms with Crippen LogP contribution >= 0.6 is 0 Å². The summed E-state index contributed by atoms with van der Waals surface area (Å²) in [5.41, 5.74) is 0. The zero-order valence-corrected chi connectivity index (χ0v) is 11.8. The summed E-state index contributed by atoms with van der Waals surface area (Å²) in [5.74, 6) is 1.48.